The minimum Gasteiger partial charge on any atom is -0.280 e. The first-order valence-electron chi connectivity index (χ1n) is 6.97. The topological polar surface area (TPSA) is 84.5 Å². The van der Waals surface area contributed by atoms with Crippen molar-refractivity contribution in [2.45, 2.75) is 18.7 Å². The molecule has 0 radical (unpaired) electrons. The number of nitrogens with one attached hydrogen (secondary N) is 2. The zero-order chi connectivity index (χ0) is 17.9. The summed E-state index contributed by atoms with van der Waals surface area (Å²) in [7, 11) is -2.59. The van der Waals surface area contributed by atoms with E-state index in [9.17, 15) is 13.2 Å². The summed E-state index contributed by atoms with van der Waals surface area (Å²) in [6.07, 6.45) is 0. The Morgan fingerprint density at radius 1 is 1.08 bits per heavy atom. The highest BCUT2D eigenvalue weighted by Crippen LogP contribution is 2.23. The molecule has 2 rings (SSSR count). The van der Waals surface area contributed by atoms with Crippen molar-refractivity contribution < 1.29 is 18.0 Å². The van der Waals surface area contributed by atoms with Crippen LogP contribution in [-0.2, 0) is 14.9 Å². The maximum absolute atomic E-state index is 12.5. The van der Waals surface area contributed by atoms with Gasteiger partial charge in [0.05, 0.1) is 22.6 Å². The number of anilines is 1. The molecular formula is C16H17ClN2O4S. The quantitative estimate of drug-likeness (QED) is 0.794. The van der Waals surface area contributed by atoms with E-state index in [1.54, 1.807) is 12.1 Å². The summed E-state index contributed by atoms with van der Waals surface area (Å²) in [5.74, 6) is -0.634. The fourth-order valence-corrected chi connectivity index (χ4v) is 3.29. The summed E-state index contributed by atoms with van der Waals surface area (Å²) >= 11 is 5.94. The van der Waals surface area contributed by atoms with Crippen molar-refractivity contribution in [1.29, 1.82) is 0 Å². The molecule has 2 aromatic rings. The van der Waals surface area contributed by atoms with Gasteiger partial charge in [-0.2, -0.15) is 0 Å². The lowest BCUT2D eigenvalue weighted by molar-refractivity contribution is 0.0537. The molecule has 0 heterocycles. The number of halogens is 1. The minimum absolute atomic E-state index is 0.00137. The monoisotopic (exact) mass is 368 g/mol. The van der Waals surface area contributed by atoms with Gasteiger partial charge in [-0.3, -0.25) is 14.4 Å². The summed E-state index contributed by atoms with van der Waals surface area (Å²) in [6.45, 7) is 3.83. The van der Waals surface area contributed by atoms with Gasteiger partial charge in [0, 0.05) is 5.69 Å². The van der Waals surface area contributed by atoms with E-state index in [2.05, 4.69) is 15.0 Å². The van der Waals surface area contributed by atoms with E-state index in [-0.39, 0.29) is 15.5 Å². The first-order chi connectivity index (χ1) is 11.2. The molecule has 0 saturated carbocycles. The van der Waals surface area contributed by atoms with Crippen LogP contribution in [0, 0.1) is 13.8 Å². The molecule has 0 fully saturated rings. The molecule has 0 unspecified atom stereocenters. The van der Waals surface area contributed by atoms with Crippen LogP contribution in [0.15, 0.2) is 41.3 Å². The van der Waals surface area contributed by atoms with Crippen LogP contribution in [0.5, 0.6) is 0 Å². The average molecular weight is 369 g/mol. The van der Waals surface area contributed by atoms with E-state index in [1.165, 1.54) is 25.3 Å². The van der Waals surface area contributed by atoms with Crippen LogP contribution in [0.2, 0.25) is 5.02 Å². The fourth-order valence-electron chi connectivity index (χ4n) is 2.01. The van der Waals surface area contributed by atoms with E-state index < -0.39 is 15.9 Å². The Bertz CT molecular complexity index is 882. The molecule has 0 bridgehead atoms. The molecule has 0 atom stereocenters. The number of carbonyl (C=O) groups is 1. The molecule has 128 valence electrons. The van der Waals surface area contributed by atoms with Crippen LogP contribution >= 0.6 is 11.6 Å². The van der Waals surface area contributed by atoms with Crippen LogP contribution in [0.25, 0.3) is 0 Å². The SMILES string of the molecule is CONC(=O)c1cc(S(=O)(=O)Nc2ccc(C)c(C)c2)ccc1Cl. The third kappa shape index (κ3) is 4.05. The first-order valence-corrected chi connectivity index (χ1v) is 8.83. The predicted octanol–water partition coefficient (Wildman–Crippen LogP) is 3.05. The van der Waals surface area contributed by atoms with Crippen molar-refractivity contribution >= 4 is 33.2 Å². The van der Waals surface area contributed by atoms with Gasteiger partial charge >= 0.3 is 0 Å². The Labute approximate surface area is 145 Å². The maximum Gasteiger partial charge on any atom is 0.276 e. The molecule has 0 aliphatic rings. The van der Waals surface area contributed by atoms with Gasteiger partial charge in [-0.05, 0) is 55.3 Å². The van der Waals surface area contributed by atoms with Gasteiger partial charge in [0.25, 0.3) is 15.9 Å². The molecule has 0 aliphatic heterocycles. The number of carbonyl (C=O) groups excluding carboxylic acids is 1. The van der Waals surface area contributed by atoms with Crippen LogP contribution in [-0.4, -0.2) is 21.4 Å². The van der Waals surface area contributed by atoms with Gasteiger partial charge in [-0.25, -0.2) is 13.9 Å². The normalized spacial score (nSPS) is 11.2. The molecule has 6 nitrogen and oxygen atoms in total. The standard InChI is InChI=1S/C16H17ClN2O4S/c1-10-4-5-12(8-11(10)2)19-24(21,22)13-6-7-15(17)14(9-13)16(20)18-23-3/h4-9,19H,1-3H3,(H,18,20). The molecule has 8 heteroatoms. The number of aryl methyl sites for hydroxylation is 2. The number of sulfonamides is 1. The van der Waals surface area contributed by atoms with Gasteiger partial charge in [-0.1, -0.05) is 17.7 Å². The van der Waals surface area contributed by atoms with Crippen LogP contribution in [0.3, 0.4) is 0 Å². The van der Waals surface area contributed by atoms with E-state index in [1.807, 2.05) is 19.9 Å². The van der Waals surface area contributed by atoms with Crippen molar-refractivity contribution in [3.8, 4) is 0 Å². The van der Waals surface area contributed by atoms with Crippen LogP contribution in [0.4, 0.5) is 5.69 Å². The van der Waals surface area contributed by atoms with Gasteiger partial charge in [-0.15, -0.1) is 0 Å². The second-order valence-electron chi connectivity index (χ2n) is 5.18. The predicted molar refractivity (Wildman–Crippen MR) is 92.7 cm³/mol. The minimum atomic E-state index is -3.86. The fraction of sp³-hybridized carbons (Fsp3) is 0.188. The van der Waals surface area contributed by atoms with Gasteiger partial charge in [0.15, 0.2) is 0 Å². The smallest absolute Gasteiger partial charge is 0.276 e. The van der Waals surface area contributed by atoms with Gasteiger partial charge in [0.1, 0.15) is 0 Å². The van der Waals surface area contributed by atoms with Gasteiger partial charge < -0.3 is 0 Å². The first kappa shape index (κ1) is 18.3. The molecule has 2 aromatic carbocycles. The lowest BCUT2D eigenvalue weighted by atomic mass is 10.1. The summed E-state index contributed by atoms with van der Waals surface area (Å²) in [4.78, 5) is 16.3. The summed E-state index contributed by atoms with van der Waals surface area (Å²) in [6, 6.07) is 9.11. The second-order valence-corrected chi connectivity index (χ2v) is 7.27. The van der Waals surface area contributed by atoms with Gasteiger partial charge in [0.2, 0.25) is 0 Å². The zero-order valence-electron chi connectivity index (χ0n) is 13.4. The Morgan fingerprint density at radius 2 is 1.79 bits per heavy atom. The van der Waals surface area contributed by atoms with Crippen molar-refractivity contribution in [2.24, 2.45) is 0 Å². The Balaban J connectivity index is 2.36. The Kier molecular flexibility index (Phi) is 5.48. The molecular weight excluding hydrogens is 352 g/mol. The second kappa shape index (κ2) is 7.21. The van der Waals surface area contributed by atoms with Crippen molar-refractivity contribution in [2.75, 3.05) is 11.8 Å². The summed E-state index contributed by atoms with van der Waals surface area (Å²) in [5.41, 5.74) is 4.57. The molecule has 0 aromatic heterocycles. The average Bonchev–Trinajstić information content (AvgIpc) is 2.51. The van der Waals surface area contributed by atoms with E-state index in [4.69, 9.17) is 11.6 Å². The number of hydrogen-bond acceptors (Lipinski definition) is 4. The van der Waals surface area contributed by atoms with Crippen molar-refractivity contribution in [3.63, 3.8) is 0 Å². The van der Waals surface area contributed by atoms with Crippen LogP contribution < -0.4 is 10.2 Å². The Morgan fingerprint density at radius 3 is 2.42 bits per heavy atom. The highest BCUT2D eigenvalue weighted by Gasteiger charge is 2.19. The van der Waals surface area contributed by atoms with E-state index >= 15 is 0 Å². The van der Waals surface area contributed by atoms with Crippen molar-refractivity contribution in [3.05, 3.63) is 58.1 Å². The third-order valence-corrected chi connectivity index (χ3v) is 5.16. The number of hydroxylamine groups is 1. The Hall–Kier alpha value is -2.09. The highest BCUT2D eigenvalue weighted by molar-refractivity contribution is 7.92. The summed E-state index contributed by atoms with van der Waals surface area (Å²) < 4.78 is 27.5. The van der Waals surface area contributed by atoms with Crippen LogP contribution in [0.1, 0.15) is 21.5 Å². The molecule has 0 aliphatic carbocycles. The molecule has 1 amide bonds. The molecule has 0 saturated heterocycles. The number of hydrogen-bond donors (Lipinski definition) is 2. The molecule has 0 spiro atoms. The number of benzene rings is 2. The lowest BCUT2D eigenvalue weighted by Crippen LogP contribution is -2.23. The molecule has 2 N–H and O–H groups in total. The summed E-state index contributed by atoms with van der Waals surface area (Å²) in [5, 5.41) is 0.120. The number of amides is 1. The number of rotatable bonds is 5. The molecule has 24 heavy (non-hydrogen) atoms. The van der Waals surface area contributed by atoms with E-state index in [0.717, 1.165) is 11.1 Å². The highest BCUT2D eigenvalue weighted by atomic mass is 35.5. The van der Waals surface area contributed by atoms with E-state index in [0.29, 0.717) is 5.69 Å². The van der Waals surface area contributed by atoms with Crippen molar-refractivity contribution in [1.82, 2.24) is 5.48 Å². The lowest BCUT2D eigenvalue weighted by Gasteiger charge is -2.11. The zero-order valence-corrected chi connectivity index (χ0v) is 15.0. The maximum atomic E-state index is 12.5. The third-order valence-electron chi connectivity index (χ3n) is 3.45. The largest absolute Gasteiger partial charge is 0.280 e.